The predicted octanol–water partition coefficient (Wildman–Crippen LogP) is 2.45. The number of fused-ring (bicyclic) bond motifs is 3. The molecule has 0 heterocycles. The average Bonchev–Trinajstić information content (AvgIpc) is 3.59. The van der Waals surface area contributed by atoms with Gasteiger partial charge in [0.05, 0.1) is 6.61 Å². The van der Waals surface area contributed by atoms with E-state index in [0.717, 1.165) is 35.1 Å². The third-order valence-electron chi connectivity index (χ3n) is 5.87. The van der Waals surface area contributed by atoms with Crippen LogP contribution in [0.4, 0.5) is 4.79 Å². The molecule has 1 unspecified atom stereocenters. The van der Waals surface area contributed by atoms with Gasteiger partial charge in [-0.15, -0.1) is 0 Å². The molecule has 2 atom stereocenters. The molecule has 0 radical (unpaired) electrons. The molecule has 0 spiro atoms. The number of nitrogens with one attached hydrogen (secondary N) is 2. The fourth-order valence-electron chi connectivity index (χ4n) is 4.07. The zero-order valence-corrected chi connectivity index (χ0v) is 18.2. The molecule has 2 aliphatic carbocycles. The lowest BCUT2D eigenvalue weighted by molar-refractivity contribution is -0.163. The summed E-state index contributed by atoms with van der Waals surface area (Å²) in [5.74, 6) is -2.11. The maximum Gasteiger partial charge on any atom is 0.407 e. The number of carboxylic acids is 1. The number of hydrogen-bond acceptors (Lipinski definition) is 6. The van der Waals surface area contributed by atoms with Crippen molar-refractivity contribution in [3.05, 3.63) is 59.7 Å². The third-order valence-corrected chi connectivity index (χ3v) is 5.87. The largest absolute Gasteiger partial charge is 0.479 e. The molecule has 0 saturated heterocycles. The minimum Gasteiger partial charge on any atom is -0.479 e. The van der Waals surface area contributed by atoms with Crippen LogP contribution in [0.25, 0.3) is 11.1 Å². The lowest BCUT2D eigenvalue weighted by Crippen LogP contribution is -2.50. The van der Waals surface area contributed by atoms with Crippen molar-refractivity contribution in [1.82, 2.24) is 10.8 Å². The number of methoxy groups -OCH3 is 1. The Balaban J connectivity index is 1.35. The highest BCUT2D eigenvalue weighted by atomic mass is 16.7. The summed E-state index contributed by atoms with van der Waals surface area (Å²) in [5.41, 5.74) is 6.50. The second-order valence-corrected chi connectivity index (χ2v) is 8.16. The van der Waals surface area contributed by atoms with E-state index < -0.39 is 30.1 Å². The molecular formula is C24H26N2O7. The number of benzene rings is 2. The third kappa shape index (κ3) is 5.15. The number of hydroxylamine groups is 1. The Morgan fingerprint density at radius 1 is 1.03 bits per heavy atom. The molecule has 0 aliphatic heterocycles. The van der Waals surface area contributed by atoms with Crippen molar-refractivity contribution >= 4 is 18.0 Å². The Morgan fingerprint density at radius 3 is 2.18 bits per heavy atom. The van der Waals surface area contributed by atoms with E-state index in [2.05, 4.69) is 10.8 Å². The normalized spacial score (nSPS) is 16.3. The standard InChI is InChI=1S/C24H26N2O7/c1-31-13-20(22(27)26-33-21(23(28)29)14-10-11-14)25-24(30)32-12-19-17-8-4-2-6-15(17)16-7-3-5-9-18(16)19/h2-9,14,19-21H,10-13H2,1H3,(H,25,30)(H,26,27)(H,28,29)/t20-,21?/m0/s1. The number of carbonyl (C=O) groups excluding carboxylic acids is 2. The molecule has 9 heteroatoms. The molecular weight excluding hydrogens is 428 g/mol. The van der Waals surface area contributed by atoms with E-state index in [4.69, 9.17) is 14.3 Å². The summed E-state index contributed by atoms with van der Waals surface area (Å²) >= 11 is 0. The Bertz CT molecular complexity index is 991. The van der Waals surface area contributed by atoms with Gasteiger partial charge in [-0.3, -0.25) is 9.63 Å². The average molecular weight is 454 g/mol. The lowest BCUT2D eigenvalue weighted by atomic mass is 9.98. The van der Waals surface area contributed by atoms with Crippen LogP contribution in [0.1, 0.15) is 29.9 Å². The van der Waals surface area contributed by atoms with Crippen molar-refractivity contribution in [2.45, 2.75) is 30.9 Å². The first kappa shape index (κ1) is 22.8. The van der Waals surface area contributed by atoms with Gasteiger partial charge in [-0.05, 0) is 41.0 Å². The summed E-state index contributed by atoms with van der Waals surface area (Å²) in [6, 6.07) is 14.8. The first-order valence-electron chi connectivity index (χ1n) is 10.8. The quantitative estimate of drug-likeness (QED) is 0.471. The molecule has 1 saturated carbocycles. The number of rotatable bonds is 10. The van der Waals surface area contributed by atoms with Crippen molar-refractivity contribution in [1.29, 1.82) is 0 Å². The summed E-state index contributed by atoms with van der Waals surface area (Å²) in [6.07, 6.45) is -0.448. The Kier molecular flexibility index (Phi) is 6.90. The van der Waals surface area contributed by atoms with Crippen molar-refractivity contribution in [2.24, 2.45) is 5.92 Å². The molecule has 1 fully saturated rings. The highest BCUT2D eigenvalue weighted by Crippen LogP contribution is 2.44. The van der Waals surface area contributed by atoms with Crippen LogP contribution < -0.4 is 10.8 Å². The molecule has 33 heavy (non-hydrogen) atoms. The Hall–Kier alpha value is -3.43. The number of carboxylic acid groups (broad SMARTS) is 1. The lowest BCUT2D eigenvalue weighted by Gasteiger charge is -2.20. The highest BCUT2D eigenvalue weighted by Gasteiger charge is 2.38. The maximum absolute atomic E-state index is 12.5. The highest BCUT2D eigenvalue weighted by molar-refractivity contribution is 5.85. The fraction of sp³-hybridized carbons (Fsp3) is 0.375. The van der Waals surface area contributed by atoms with Gasteiger partial charge < -0.3 is 19.9 Å². The van der Waals surface area contributed by atoms with Crippen molar-refractivity contribution in [2.75, 3.05) is 20.3 Å². The van der Waals surface area contributed by atoms with Gasteiger partial charge in [-0.25, -0.2) is 15.1 Å². The van der Waals surface area contributed by atoms with Crippen molar-refractivity contribution in [3.8, 4) is 11.1 Å². The Morgan fingerprint density at radius 2 is 1.64 bits per heavy atom. The van der Waals surface area contributed by atoms with Crippen LogP contribution >= 0.6 is 0 Å². The predicted molar refractivity (Wildman–Crippen MR) is 117 cm³/mol. The summed E-state index contributed by atoms with van der Waals surface area (Å²) in [7, 11) is 1.38. The van der Waals surface area contributed by atoms with E-state index >= 15 is 0 Å². The van der Waals surface area contributed by atoms with Crippen LogP contribution in [0.3, 0.4) is 0 Å². The second kappa shape index (κ2) is 10.0. The first-order chi connectivity index (χ1) is 16.0. The number of amides is 2. The van der Waals surface area contributed by atoms with E-state index in [0.29, 0.717) is 0 Å². The van der Waals surface area contributed by atoms with Gasteiger partial charge in [0.2, 0.25) is 0 Å². The minimum atomic E-state index is -1.15. The summed E-state index contributed by atoms with van der Waals surface area (Å²) in [6.45, 7) is -0.0407. The molecule has 2 aliphatic rings. The van der Waals surface area contributed by atoms with Gasteiger partial charge >= 0.3 is 12.1 Å². The van der Waals surface area contributed by atoms with Crippen LogP contribution in [-0.2, 0) is 23.9 Å². The van der Waals surface area contributed by atoms with E-state index in [9.17, 15) is 19.5 Å². The monoisotopic (exact) mass is 454 g/mol. The smallest absolute Gasteiger partial charge is 0.407 e. The summed E-state index contributed by atoms with van der Waals surface area (Å²) in [5, 5.41) is 11.7. The molecule has 2 amide bonds. The van der Waals surface area contributed by atoms with Gasteiger partial charge in [0.1, 0.15) is 12.6 Å². The number of hydrogen-bond donors (Lipinski definition) is 3. The maximum atomic E-state index is 12.5. The molecule has 9 nitrogen and oxygen atoms in total. The van der Waals surface area contributed by atoms with Crippen LogP contribution in [0.5, 0.6) is 0 Å². The van der Waals surface area contributed by atoms with E-state index in [1.165, 1.54) is 7.11 Å². The van der Waals surface area contributed by atoms with Crippen LogP contribution in [0.2, 0.25) is 0 Å². The van der Waals surface area contributed by atoms with Crippen molar-refractivity contribution < 1.29 is 33.8 Å². The summed E-state index contributed by atoms with van der Waals surface area (Å²) < 4.78 is 10.5. The first-order valence-corrected chi connectivity index (χ1v) is 10.8. The molecule has 0 aromatic heterocycles. The van der Waals surface area contributed by atoms with E-state index in [-0.39, 0.29) is 25.0 Å². The molecule has 0 bridgehead atoms. The summed E-state index contributed by atoms with van der Waals surface area (Å²) in [4.78, 5) is 41.3. The number of carbonyl (C=O) groups is 3. The van der Waals surface area contributed by atoms with Gasteiger partial charge in [-0.2, -0.15) is 0 Å². The molecule has 2 aromatic carbocycles. The molecule has 4 rings (SSSR count). The van der Waals surface area contributed by atoms with Gasteiger partial charge in [0.25, 0.3) is 5.91 Å². The molecule has 174 valence electrons. The van der Waals surface area contributed by atoms with Crippen LogP contribution in [0, 0.1) is 5.92 Å². The van der Waals surface area contributed by atoms with E-state index in [1.54, 1.807) is 0 Å². The fourth-order valence-corrected chi connectivity index (χ4v) is 4.07. The SMILES string of the molecule is COC[C@H](NC(=O)OCC1c2ccccc2-c2ccccc21)C(=O)NOC(C(=O)O)C1CC1. The van der Waals surface area contributed by atoms with Gasteiger partial charge in [0.15, 0.2) is 6.10 Å². The van der Waals surface area contributed by atoms with Crippen LogP contribution in [-0.4, -0.2) is 55.5 Å². The van der Waals surface area contributed by atoms with E-state index in [1.807, 2.05) is 48.5 Å². The molecule has 2 aromatic rings. The molecule has 3 N–H and O–H groups in total. The zero-order valence-electron chi connectivity index (χ0n) is 18.2. The van der Waals surface area contributed by atoms with Gasteiger partial charge in [0, 0.05) is 13.0 Å². The van der Waals surface area contributed by atoms with Gasteiger partial charge in [-0.1, -0.05) is 48.5 Å². The van der Waals surface area contributed by atoms with Crippen molar-refractivity contribution in [3.63, 3.8) is 0 Å². The number of aliphatic carboxylic acids is 1. The zero-order chi connectivity index (χ0) is 23.4. The second-order valence-electron chi connectivity index (χ2n) is 8.16. The van der Waals surface area contributed by atoms with Crippen LogP contribution in [0.15, 0.2) is 48.5 Å². The number of ether oxygens (including phenoxy) is 2. The minimum absolute atomic E-state index is 0.0977. The number of alkyl carbamates (subject to hydrolysis) is 1. The topological polar surface area (TPSA) is 123 Å². The Labute approximate surface area is 191 Å².